The van der Waals surface area contributed by atoms with Crippen molar-refractivity contribution in [3.8, 4) is 0 Å². The average molecular weight is 493 g/mol. The summed E-state index contributed by atoms with van der Waals surface area (Å²) in [6.45, 7) is 16.4. The van der Waals surface area contributed by atoms with Crippen LogP contribution in [-0.4, -0.2) is 30.2 Å². The van der Waals surface area contributed by atoms with Gasteiger partial charge in [0.05, 0.1) is 19.3 Å². The van der Waals surface area contributed by atoms with Gasteiger partial charge in [0.25, 0.3) is 0 Å². The summed E-state index contributed by atoms with van der Waals surface area (Å²) >= 11 is 0. The lowest BCUT2D eigenvalue weighted by Gasteiger charge is -2.55. The Morgan fingerprint density at radius 2 is 1.64 bits per heavy atom. The molecule has 4 aliphatic carbocycles. The number of rotatable bonds is 2. The maximum atomic E-state index is 11.1. The molecule has 1 spiro atoms. The SMILES string of the molecule is C=Cc1ccc(C2CC3(C)C(O)CCC3C3CCC4CC5(CCC4=C23)OCC(C)(C)CO5)cc1.CC. The van der Waals surface area contributed by atoms with Crippen molar-refractivity contribution < 1.29 is 14.6 Å². The lowest BCUT2D eigenvalue weighted by molar-refractivity contribution is -0.312. The zero-order valence-electron chi connectivity index (χ0n) is 23.3. The molecule has 6 atom stereocenters. The van der Waals surface area contributed by atoms with Gasteiger partial charge < -0.3 is 14.6 Å². The van der Waals surface area contributed by atoms with Gasteiger partial charge in [-0.1, -0.05) is 82.7 Å². The van der Waals surface area contributed by atoms with Crippen molar-refractivity contribution in [2.75, 3.05) is 13.2 Å². The van der Waals surface area contributed by atoms with E-state index in [4.69, 9.17) is 9.47 Å². The number of ether oxygens (including phenoxy) is 2. The first-order valence-electron chi connectivity index (χ1n) is 14.6. The molecule has 6 unspecified atom stereocenters. The van der Waals surface area contributed by atoms with Crippen LogP contribution in [0.15, 0.2) is 42.0 Å². The Morgan fingerprint density at radius 3 is 2.31 bits per heavy atom. The van der Waals surface area contributed by atoms with E-state index in [-0.39, 0.29) is 22.7 Å². The summed E-state index contributed by atoms with van der Waals surface area (Å²) < 4.78 is 12.9. The zero-order chi connectivity index (χ0) is 25.7. The van der Waals surface area contributed by atoms with Crippen molar-refractivity contribution in [1.82, 2.24) is 0 Å². The second kappa shape index (κ2) is 9.71. The quantitative estimate of drug-likeness (QED) is 0.427. The summed E-state index contributed by atoms with van der Waals surface area (Å²) in [4.78, 5) is 0. The van der Waals surface area contributed by atoms with Crippen LogP contribution >= 0.6 is 0 Å². The molecule has 5 aliphatic rings. The molecular weight excluding hydrogens is 444 g/mol. The van der Waals surface area contributed by atoms with Crippen LogP contribution in [0.4, 0.5) is 0 Å². The molecule has 0 aromatic heterocycles. The molecule has 1 heterocycles. The smallest absolute Gasteiger partial charge is 0.169 e. The van der Waals surface area contributed by atoms with Crippen molar-refractivity contribution in [2.45, 2.75) is 104 Å². The monoisotopic (exact) mass is 492 g/mol. The summed E-state index contributed by atoms with van der Waals surface area (Å²) in [5.41, 5.74) is 6.20. The maximum Gasteiger partial charge on any atom is 0.169 e. The summed E-state index contributed by atoms with van der Waals surface area (Å²) in [5, 5.41) is 11.1. The third-order valence-corrected chi connectivity index (χ3v) is 10.3. The van der Waals surface area contributed by atoms with E-state index in [1.807, 2.05) is 19.9 Å². The predicted octanol–water partition coefficient (Wildman–Crippen LogP) is 7.90. The fraction of sp³-hybridized carbons (Fsp3) is 0.697. The highest BCUT2D eigenvalue weighted by atomic mass is 16.7. The third kappa shape index (κ3) is 4.33. The minimum absolute atomic E-state index is 0.0282. The highest BCUT2D eigenvalue weighted by Gasteiger charge is 2.57. The Morgan fingerprint density at radius 1 is 0.944 bits per heavy atom. The molecule has 0 radical (unpaired) electrons. The Bertz CT molecular complexity index is 979. The fourth-order valence-corrected chi connectivity index (χ4v) is 8.36. The van der Waals surface area contributed by atoms with E-state index in [0.29, 0.717) is 23.7 Å². The normalized spacial score (nSPS) is 38.3. The van der Waals surface area contributed by atoms with Gasteiger partial charge in [-0.25, -0.2) is 0 Å². The van der Waals surface area contributed by atoms with Crippen LogP contribution in [0.5, 0.6) is 0 Å². The molecular formula is C33H48O3. The molecule has 4 fully saturated rings. The number of hydrogen-bond acceptors (Lipinski definition) is 3. The Hall–Kier alpha value is -1.42. The Kier molecular flexibility index (Phi) is 7.07. The highest BCUT2D eigenvalue weighted by Crippen LogP contribution is 2.64. The molecule has 3 heteroatoms. The molecule has 0 amide bonds. The summed E-state index contributed by atoms with van der Waals surface area (Å²) in [5.74, 6) is 1.86. The average Bonchev–Trinajstić information content (AvgIpc) is 3.20. The van der Waals surface area contributed by atoms with Crippen molar-refractivity contribution in [3.05, 3.63) is 53.1 Å². The van der Waals surface area contributed by atoms with Gasteiger partial charge in [-0.15, -0.1) is 0 Å². The topological polar surface area (TPSA) is 38.7 Å². The summed E-state index contributed by atoms with van der Waals surface area (Å²) in [6.07, 6.45) is 10.6. The molecule has 0 bridgehead atoms. The van der Waals surface area contributed by atoms with Crippen molar-refractivity contribution in [3.63, 3.8) is 0 Å². The van der Waals surface area contributed by atoms with Crippen LogP contribution in [0.2, 0.25) is 0 Å². The van der Waals surface area contributed by atoms with Gasteiger partial charge >= 0.3 is 0 Å². The second-order valence-corrected chi connectivity index (χ2v) is 13.1. The number of aliphatic hydroxyl groups excluding tert-OH is 1. The van der Waals surface area contributed by atoms with E-state index in [1.54, 1.807) is 11.1 Å². The lowest BCUT2D eigenvalue weighted by atomic mass is 9.52. The van der Waals surface area contributed by atoms with Gasteiger partial charge in [-0.3, -0.25) is 0 Å². The fourth-order valence-electron chi connectivity index (χ4n) is 8.36. The van der Waals surface area contributed by atoms with Crippen LogP contribution in [0.3, 0.4) is 0 Å². The van der Waals surface area contributed by atoms with E-state index in [2.05, 4.69) is 51.6 Å². The van der Waals surface area contributed by atoms with Gasteiger partial charge in [0, 0.05) is 24.2 Å². The molecule has 1 N–H and O–H groups in total. The first-order chi connectivity index (χ1) is 17.2. The van der Waals surface area contributed by atoms with Crippen LogP contribution in [0.25, 0.3) is 6.08 Å². The first kappa shape index (κ1) is 26.2. The molecule has 1 saturated heterocycles. The van der Waals surface area contributed by atoms with Crippen molar-refractivity contribution in [1.29, 1.82) is 0 Å². The largest absolute Gasteiger partial charge is 0.393 e. The summed E-state index contributed by atoms with van der Waals surface area (Å²) in [7, 11) is 0. The predicted molar refractivity (Wildman–Crippen MR) is 148 cm³/mol. The van der Waals surface area contributed by atoms with E-state index in [0.717, 1.165) is 45.3 Å². The molecule has 1 aliphatic heterocycles. The first-order valence-corrected chi connectivity index (χ1v) is 14.6. The lowest BCUT2D eigenvalue weighted by Crippen LogP contribution is -2.52. The Balaban J connectivity index is 0.00000130. The van der Waals surface area contributed by atoms with Gasteiger partial charge in [0.15, 0.2) is 5.79 Å². The minimum atomic E-state index is -0.370. The van der Waals surface area contributed by atoms with E-state index in [9.17, 15) is 5.11 Å². The Labute approximate surface area is 219 Å². The molecule has 6 rings (SSSR count). The minimum Gasteiger partial charge on any atom is -0.393 e. The molecule has 1 aromatic carbocycles. The number of benzene rings is 1. The number of allylic oxidation sites excluding steroid dienone is 2. The van der Waals surface area contributed by atoms with E-state index < -0.39 is 0 Å². The molecule has 36 heavy (non-hydrogen) atoms. The molecule has 3 nitrogen and oxygen atoms in total. The van der Waals surface area contributed by atoms with E-state index in [1.165, 1.54) is 30.4 Å². The van der Waals surface area contributed by atoms with Gasteiger partial charge in [-0.05, 0) is 72.8 Å². The number of fused-ring (bicyclic) bond motifs is 4. The standard InChI is InChI=1S/C31H42O3.C2H6/c1-5-20-6-8-21(9-7-20)25-17-30(4)26(12-13-27(30)32)24-11-10-22-16-31(15-14-23(22)28(24)25)33-18-29(2,3)19-34-31;1-2/h5-9,22,24-27,32H,1,10-19H2,2-4H3;1-2H3. The van der Waals surface area contributed by atoms with Crippen molar-refractivity contribution in [2.24, 2.45) is 28.6 Å². The maximum absolute atomic E-state index is 11.1. The zero-order valence-corrected chi connectivity index (χ0v) is 23.3. The van der Waals surface area contributed by atoms with Crippen LogP contribution in [0.1, 0.15) is 103 Å². The highest BCUT2D eigenvalue weighted by molar-refractivity contribution is 5.49. The van der Waals surface area contributed by atoms with Gasteiger partial charge in [-0.2, -0.15) is 0 Å². The van der Waals surface area contributed by atoms with Crippen LogP contribution in [-0.2, 0) is 9.47 Å². The molecule has 198 valence electrons. The number of hydrogen-bond donors (Lipinski definition) is 1. The molecule has 1 aromatic rings. The van der Waals surface area contributed by atoms with Crippen LogP contribution < -0.4 is 0 Å². The molecule has 3 saturated carbocycles. The second-order valence-electron chi connectivity index (χ2n) is 13.1. The van der Waals surface area contributed by atoms with Gasteiger partial charge in [0.2, 0.25) is 0 Å². The van der Waals surface area contributed by atoms with Crippen molar-refractivity contribution >= 4 is 6.08 Å². The van der Waals surface area contributed by atoms with Crippen LogP contribution in [0, 0.1) is 28.6 Å². The van der Waals surface area contributed by atoms with Gasteiger partial charge in [0.1, 0.15) is 0 Å². The third-order valence-electron chi connectivity index (χ3n) is 10.3. The number of aliphatic hydroxyl groups is 1. The summed E-state index contributed by atoms with van der Waals surface area (Å²) in [6, 6.07) is 9.06. The van der Waals surface area contributed by atoms with E-state index >= 15 is 0 Å².